The number of amides is 1. The molecule has 0 spiro atoms. The van der Waals surface area contributed by atoms with Crippen molar-refractivity contribution in [1.82, 2.24) is 14.6 Å². The maximum Gasteiger partial charge on any atom is 0.243 e. The third-order valence-electron chi connectivity index (χ3n) is 5.54. The molecular formula is C26H23Cl2FN4O3S. The molecule has 0 radical (unpaired) electrons. The molecule has 37 heavy (non-hydrogen) atoms. The number of halogens is 3. The van der Waals surface area contributed by atoms with Crippen LogP contribution in [0.25, 0.3) is 10.9 Å². The standard InChI is InChI=1S/C26H23Cl2FN4O3S/c27-19-5-8-21(9-6-19)37(35,36)33(16-18-3-1-2-4-23(18)29)17-26(34)32-14-13-31-24-11-12-30-25-15-20(28)7-10-22(24)25/h1-12,15H,13-14,16-17H2,(H,30,31)(H,32,34). The highest BCUT2D eigenvalue weighted by Gasteiger charge is 2.27. The van der Waals surface area contributed by atoms with Crippen LogP contribution in [0.4, 0.5) is 10.1 Å². The smallest absolute Gasteiger partial charge is 0.243 e. The molecule has 2 N–H and O–H groups in total. The van der Waals surface area contributed by atoms with Crippen molar-refractivity contribution in [3.8, 4) is 0 Å². The van der Waals surface area contributed by atoms with Gasteiger partial charge in [-0.05, 0) is 54.6 Å². The number of aromatic nitrogens is 1. The van der Waals surface area contributed by atoms with Gasteiger partial charge in [-0.1, -0.05) is 41.4 Å². The molecule has 0 unspecified atom stereocenters. The maximum atomic E-state index is 14.3. The second-order valence-electron chi connectivity index (χ2n) is 8.12. The Balaban J connectivity index is 1.43. The number of nitrogens with zero attached hydrogens (tertiary/aromatic N) is 2. The van der Waals surface area contributed by atoms with Gasteiger partial charge in [0.2, 0.25) is 15.9 Å². The molecule has 0 aliphatic carbocycles. The number of hydrogen-bond acceptors (Lipinski definition) is 5. The first-order valence-corrected chi connectivity index (χ1v) is 13.5. The van der Waals surface area contributed by atoms with Crippen LogP contribution in [0.15, 0.2) is 83.9 Å². The van der Waals surface area contributed by atoms with E-state index in [1.165, 1.54) is 42.5 Å². The van der Waals surface area contributed by atoms with Gasteiger partial charge >= 0.3 is 0 Å². The molecule has 1 aromatic heterocycles. The van der Waals surface area contributed by atoms with Crippen molar-refractivity contribution in [2.45, 2.75) is 11.4 Å². The molecule has 1 heterocycles. The summed E-state index contributed by atoms with van der Waals surface area (Å²) >= 11 is 11.9. The Hall–Kier alpha value is -3.24. The molecule has 4 aromatic rings. The van der Waals surface area contributed by atoms with Crippen LogP contribution in [0.2, 0.25) is 10.0 Å². The Kier molecular flexibility index (Phi) is 8.60. The third-order valence-corrected chi connectivity index (χ3v) is 7.84. The van der Waals surface area contributed by atoms with E-state index in [4.69, 9.17) is 23.2 Å². The van der Waals surface area contributed by atoms with E-state index >= 15 is 0 Å². The normalized spacial score (nSPS) is 11.6. The molecule has 4 rings (SSSR count). The number of carbonyl (C=O) groups excluding carboxylic acids is 1. The fraction of sp³-hybridized carbons (Fsp3) is 0.154. The summed E-state index contributed by atoms with van der Waals surface area (Å²) < 4.78 is 41.9. The van der Waals surface area contributed by atoms with Gasteiger partial charge < -0.3 is 10.6 Å². The molecule has 11 heteroatoms. The van der Waals surface area contributed by atoms with Crippen LogP contribution in [0.1, 0.15) is 5.56 Å². The zero-order chi connectivity index (χ0) is 26.4. The SMILES string of the molecule is O=C(CN(Cc1ccccc1F)S(=O)(=O)c1ccc(Cl)cc1)NCCNc1ccnc2cc(Cl)ccc12. The highest BCUT2D eigenvalue weighted by molar-refractivity contribution is 7.89. The first-order chi connectivity index (χ1) is 17.7. The van der Waals surface area contributed by atoms with E-state index in [1.54, 1.807) is 24.4 Å². The van der Waals surface area contributed by atoms with Crippen LogP contribution >= 0.6 is 23.2 Å². The second kappa shape index (κ2) is 11.9. The topological polar surface area (TPSA) is 91.4 Å². The number of carbonyl (C=O) groups is 1. The largest absolute Gasteiger partial charge is 0.383 e. The second-order valence-corrected chi connectivity index (χ2v) is 10.9. The van der Waals surface area contributed by atoms with Gasteiger partial charge in [0.1, 0.15) is 5.82 Å². The minimum absolute atomic E-state index is 0.0487. The van der Waals surface area contributed by atoms with Gasteiger partial charge in [0.25, 0.3) is 0 Å². The Morgan fingerprint density at radius 1 is 0.946 bits per heavy atom. The zero-order valence-corrected chi connectivity index (χ0v) is 21.8. The minimum atomic E-state index is -4.12. The highest BCUT2D eigenvalue weighted by atomic mass is 35.5. The van der Waals surface area contributed by atoms with Crippen molar-refractivity contribution >= 4 is 55.7 Å². The molecule has 3 aromatic carbocycles. The van der Waals surface area contributed by atoms with E-state index < -0.39 is 28.3 Å². The van der Waals surface area contributed by atoms with Crippen LogP contribution in [0.3, 0.4) is 0 Å². The van der Waals surface area contributed by atoms with Gasteiger partial charge in [0.05, 0.1) is 17.0 Å². The fourth-order valence-corrected chi connectivity index (χ4v) is 5.36. The summed E-state index contributed by atoms with van der Waals surface area (Å²) in [5.41, 5.74) is 1.71. The van der Waals surface area contributed by atoms with Gasteiger partial charge in [-0.3, -0.25) is 9.78 Å². The molecule has 0 aliphatic rings. The number of rotatable bonds is 10. The number of anilines is 1. The Morgan fingerprint density at radius 2 is 1.68 bits per heavy atom. The van der Waals surface area contributed by atoms with Gasteiger partial charge in [0, 0.05) is 52.5 Å². The van der Waals surface area contributed by atoms with Gasteiger partial charge in [-0.15, -0.1) is 0 Å². The van der Waals surface area contributed by atoms with E-state index in [0.717, 1.165) is 20.9 Å². The summed E-state index contributed by atoms with van der Waals surface area (Å²) in [6.45, 7) is -0.194. The lowest BCUT2D eigenvalue weighted by atomic mass is 10.2. The van der Waals surface area contributed by atoms with Gasteiger partial charge in [0.15, 0.2) is 0 Å². The van der Waals surface area contributed by atoms with Crippen LogP contribution < -0.4 is 10.6 Å². The lowest BCUT2D eigenvalue weighted by Gasteiger charge is -2.22. The number of hydrogen-bond donors (Lipinski definition) is 2. The summed E-state index contributed by atoms with van der Waals surface area (Å²) in [6.07, 6.45) is 1.65. The molecule has 0 atom stereocenters. The zero-order valence-electron chi connectivity index (χ0n) is 19.5. The fourth-order valence-electron chi connectivity index (χ4n) is 3.69. The molecule has 192 valence electrons. The van der Waals surface area contributed by atoms with Crippen LogP contribution in [-0.2, 0) is 21.4 Å². The first-order valence-electron chi connectivity index (χ1n) is 11.3. The molecule has 0 fully saturated rings. The predicted molar refractivity (Wildman–Crippen MR) is 144 cm³/mol. The number of nitrogens with one attached hydrogen (secondary N) is 2. The quantitative estimate of drug-likeness (QED) is 0.263. The Bertz CT molecular complexity index is 1520. The lowest BCUT2D eigenvalue weighted by molar-refractivity contribution is -0.121. The summed E-state index contributed by atoms with van der Waals surface area (Å²) in [7, 11) is -4.12. The van der Waals surface area contributed by atoms with Crippen molar-refractivity contribution in [3.05, 3.63) is 100 Å². The molecular weight excluding hydrogens is 538 g/mol. The highest BCUT2D eigenvalue weighted by Crippen LogP contribution is 2.24. The summed E-state index contributed by atoms with van der Waals surface area (Å²) in [6, 6.07) is 18.6. The lowest BCUT2D eigenvalue weighted by Crippen LogP contribution is -2.41. The van der Waals surface area contributed by atoms with E-state index in [1.807, 2.05) is 12.1 Å². The van der Waals surface area contributed by atoms with Crippen molar-refractivity contribution in [1.29, 1.82) is 0 Å². The van der Waals surface area contributed by atoms with Crippen LogP contribution in [0.5, 0.6) is 0 Å². The summed E-state index contributed by atoms with van der Waals surface area (Å²) in [5, 5.41) is 7.78. The van der Waals surface area contributed by atoms with E-state index in [0.29, 0.717) is 16.6 Å². The van der Waals surface area contributed by atoms with E-state index in [-0.39, 0.29) is 23.5 Å². The molecule has 0 saturated carbocycles. The van der Waals surface area contributed by atoms with Crippen molar-refractivity contribution < 1.29 is 17.6 Å². The Morgan fingerprint density at radius 3 is 2.43 bits per heavy atom. The average molecular weight is 561 g/mol. The van der Waals surface area contributed by atoms with E-state index in [2.05, 4.69) is 15.6 Å². The maximum absolute atomic E-state index is 14.3. The summed E-state index contributed by atoms with van der Waals surface area (Å²) in [5.74, 6) is -1.09. The predicted octanol–water partition coefficient (Wildman–Crippen LogP) is 5.10. The molecule has 0 saturated heterocycles. The molecule has 7 nitrogen and oxygen atoms in total. The first kappa shape index (κ1) is 26.8. The van der Waals surface area contributed by atoms with Crippen molar-refractivity contribution in [2.24, 2.45) is 0 Å². The van der Waals surface area contributed by atoms with Gasteiger partial charge in [-0.2, -0.15) is 4.31 Å². The average Bonchev–Trinajstić information content (AvgIpc) is 2.87. The van der Waals surface area contributed by atoms with Crippen molar-refractivity contribution in [3.63, 3.8) is 0 Å². The number of fused-ring (bicyclic) bond motifs is 1. The van der Waals surface area contributed by atoms with Crippen LogP contribution in [-0.4, -0.2) is 43.2 Å². The number of sulfonamides is 1. The minimum Gasteiger partial charge on any atom is -0.383 e. The Labute approximate surface area is 224 Å². The summed E-state index contributed by atoms with van der Waals surface area (Å²) in [4.78, 5) is 17.0. The van der Waals surface area contributed by atoms with Crippen LogP contribution in [0, 0.1) is 5.82 Å². The number of pyridine rings is 1. The molecule has 0 aliphatic heterocycles. The van der Waals surface area contributed by atoms with E-state index in [9.17, 15) is 17.6 Å². The van der Waals surface area contributed by atoms with Crippen molar-refractivity contribution in [2.75, 3.05) is 25.0 Å². The monoisotopic (exact) mass is 560 g/mol. The van der Waals surface area contributed by atoms with Gasteiger partial charge in [-0.25, -0.2) is 12.8 Å². The molecule has 1 amide bonds. The third kappa shape index (κ3) is 6.75. The molecule has 0 bridgehead atoms. The number of benzene rings is 3.